The second-order valence-electron chi connectivity index (χ2n) is 7.32. The molecule has 4 nitrogen and oxygen atoms in total. The van der Waals surface area contributed by atoms with Crippen molar-refractivity contribution in [2.24, 2.45) is 0 Å². The second kappa shape index (κ2) is 10.6. The van der Waals surface area contributed by atoms with Crippen LogP contribution < -0.4 is 4.90 Å². The van der Waals surface area contributed by atoms with Gasteiger partial charge in [-0.05, 0) is 72.5 Å². The monoisotopic (exact) mass is 442 g/mol. The zero-order valence-electron chi connectivity index (χ0n) is 17.5. The molecule has 0 aliphatic rings. The summed E-state index contributed by atoms with van der Waals surface area (Å²) >= 11 is 5.92. The highest BCUT2D eigenvalue weighted by Crippen LogP contribution is 2.35. The van der Waals surface area contributed by atoms with Crippen molar-refractivity contribution in [3.63, 3.8) is 0 Å². The van der Waals surface area contributed by atoms with Gasteiger partial charge in [0, 0.05) is 28.8 Å². The number of para-hydroxylation sites is 1. The lowest BCUT2D eigenvalue weighted by Crippen LogP contribution is -2.09. The van der Waals surface area contributed by atoms with Gasteiger partial charge in [-0.2, -0.15) is 0 Å². The molecular formula is C27H23ClN2O2. The van der Waals surface area contributed by atoms with Crippen molar-refractivity contribution in [1.82, 2.24) is 4.98 Å². The molecule has 0 unspecified atom stereocenters. The highest BCUT2D eigenvalue weighted by Gasteiger charge is 2.12. The molecular weight excluding hydrogens is 420 g/mol. The summed E-state index contributed by atoms with van der Waals surface area (Å²) in [6.07, 6.45) is 3.45. The van der Waals surface area contributed by atoms with Crippen molar-refractivity contribution >= 4 is 35.1 Å². The van der Waals surface area contributed by atoms with E-state index >= 15 is 0 Å². The summed E-state index contributed by atoms with van der Waals surface area (Å²) in [6.45, 7) is 0.937. The molecule has 0 saturated heterocycles. The number of hydrogen-bond donors (Lipinski definition) is 0. The molecule has 0 bridgehead atoms. The molecule has 4 aromatic rings. The molecule has 1 aromatic heterocycles. The van der Waals surface area contributed by atoms with Gasteiger partial charge in [0.25, 0.3) is 6.47 Å². The van der Waals surface area contributed by atoms with Gasteiger partial charge in [-0.1, -0.05) is 54.1 Å². The Balaban J connectivity index is 1.60. The third-order valence-corrected chi connectivity index (χ3v) is 5.41. The quantitative estimate of drug-likeness (QED) is 0.159. The maximum atomic E-state index is 10.3. The van der Waals surface area contributed by atoms with E-state index in [1.165, 1.54) is 5.56 Å². The maximum Gasteiger partial charge on any atom is 0.293 e. The number of halogens is 1. The Kier molecular flexibility index (Phi) is 7.15. The van der Waals surface area contributed by atoms with Crippen LogP contribution in [0.5, 0.6) is 0 Å². The standard InChI is InChI=1S/C27H23ClN2O2/c28-27-17-12-23(19-29-27)22-10-15-26(16-11-22)30(24-6-2-1-3-7-24)25-13-8-21(9-14-25)5-4-18-32-20-31/h1-3,6-17,19-20H,4-5,18H2. The topological polar surface area (TPSA) is 42.4 Å². The lowest BCUT2D eigenvalue weighted by Gasteiger charge is -2.26. The van der Waals surface area contributed by atoms with Crippen LogP contribution in [0.2, 0.25) is 5.15 Å². The predicted octanol–water partition coefficient (Wildman–Crippen LogP) is 6.98. The van der Waals surface area contributed by atoms with E-state index in [9.17, 15) is 4.79 Å². The summed E-state index contributed by atoms with van der Waals surface area (Å²) in [5, 5.41) is 0.486. The van der Waals surface area contributed by atoms with Crippen molar-refractivity contribution in [1.29, 1.82) is 0 Å². The first kappa shape index (κ1) is 21.6. The van der Waals surface area contributed by atoms with Crippen molar-refractivity contribution in [2.45, 2.75) is 12.8 Å². The Morgan fingerprint density at radius 2 is 1.41 bits per heavy atom. The second-order valence-corrected chi connectivity index (χ2v) is 7.71. The van der Waals surface area contributed by atoms with E-state index in [2.05, 4.69) is 70.5 Å². The molecule has 0 aliphatic carbocycles. The van der Waals surface area contributed by atoms with Crippen LogP contribution in [0, 0.1) is 0 Å². The average Bonchev–Trinajstić information content (AvgIpc) is 2.85. The molecule has 32 heavy (non-hydrogen) atoms. The number of nitrogens with zero attached hydrogens (tertiary/aromatic N) is 2. The first-order valence-corrected chi connectivity index (χ1v) is 10.8. The number of carbonyl (C=O) groups is 1. The molecule has 0 atom stereocenters. The average molecular weight is 443 g/mol. The summed E-state index contributed by atoms with van der Waals surface area (Å²) in [6, 6.07) is 31.0. The minimum Gasteiger partial charge on any atom is -0.468 e. The predicted molar refractivity (Wildman–Crippen MR) is 130 cm³/mol. The van der Waals surface area contributed by atoms with E-state index in [4.69, 9.17) is 16.3 Å². The van der Waals surface area contributed by atoms with Crippen LogP contribution >= 0.6 is 11.6 Å². The van der Waals surface area contributed by atoms with Gasteiger partial charge in [0.2, 0.25) is 0 Å². The number of ether oxygens (including phenoxy) is 1. The molecule has 4 rings (SSSR count). The number of benzene rings is 3. The van der Waals surface area contributed by atoms with E-state index in [1.807, 2.05) is 24.3 Å². The van der Waals surface area contributed by atoms with Gasteiger partial charge in [0.05, 0.1) is 6.61 Å². The Hall–Kier alpha value is -3.63. The molecule has 5 heteroatoms. The molecule has 0 aliphatic heterocycles. The minimum absolute atomic E-state index is 0.441. The van der Waals surface area contributed by atoms with Gasteiger partial charge in [-0.25, -0.2) is 4.98 Å². The van der Waals surface area contributed by atoms with Gasteiger partial charge >= 0.3 is 0 Å². The van der Waals surface area contributed by atoms with Crippen molar-refractivity contribution < 1.29 is 9.53 Å². The number of rotatable bonds is 9. The third-order valence-electron chi connectivity index (χ3n) is 5.19. The molecule has 1 heterocycles. The minimum atomic E-state index is 0.441. The van der Waals surface area contributed by atoms with E-state index in [0.29, 0.717) is 18.2 Å². The largest absolute Gasteiger partial charge is 0.468 e. The summed E-state index contributed by atoms with van der Waals surface area (Å²) in [4.78, 5) is 16.7. The fourth-order valence-corrected chi connectivity index (χ4v) is 3.71. The lowest BCUT2D eigenvalue weighted by atomic mass is 10.1. The summed E-state index contributed by atoms with van der Waals surface area (Å²) in [5.74, 6) is 0. The van der Waals surface area contributed by atoms with Crippen LogP contribution in [-0.2, 0) is 16.0 Å². The van der Waals surface area contributed by atoms with E-state index in [1.54, 1.807) is 12.3 Å². The van der Waals surface area contributed by atoms with Crippen LogP contribution in [-0.4, -0.2) is 18.1 Å². The number of anilines is 3. The van der Waals surface area contributed by atoms with Crippen LogP contribution in [0.3, 0.4) is 0 Å². The third kappa shape index (κ3) is 5.34. The van der Waals surface area contributed by atoms with Crippen LogP contribution in [0.15, 0.2) is 97.2 Å². The van der Waals surface area contributed by atoms with Gasteiger partial charge in [-0.3, -0.25) is 4.79 Å². The fraction of sp³-hybridized carbons (Fsp3) is 0.111. The number of hydrogen-bond acceptors (Lipinski definition) is 4. The Labute approximate surface area is 193 Å². The lowest BCUT2D eigenvalue weighted by molar-refractivity contribution is -0.128. The number of carbonyl (C=O) groups excluding carboxylic acids is 1. The molecule has 0 fully saturated rings. The number of aryl methyl sites for hydroxylation is 1. The highest BCUT2D eigenvalue weighted by atomic mass is 35.5. The van der Waals surface area contributed by atoms with Gasteiger partial charge in [0.1, 0.15) is 5.15 Å². The van der Waals surface area contributed by atoms with Crippen LogP contribution in [0.25, 0.3) is 11.1 Å². The Bertz CT molecular complexity index is 1130. The smallest absolute Gasteiger partial charge is 0.293 e. The van der Waals surface area contributed by atoms with Crippen molar-refractivity contribution in [3.8, 4) is 11.1 Å². The van der Waals surface area contributed by atoms with E-state index < -0.39 is 0 Å². The van der Waals surface area contributed by atoms with Gasteiger partial charge in [0.15, 0.2) is 0 Å². The summed E-state index contributed by atoms with van der Waals surface area (Å²) in [7, 11) is 0. The summed E-state index contributed by atoms with van der Waals surface area (Å²) in [5.41, 5.74) is 6.54. The molecule has 0 N–H and O–H groups in total. The fourth-order valence-electron chi connectivity index (χ4n) is 3.59. The summed E-state index contributed by atoms with van der Waals surface area (Å²) < 4.78 is 4.78. The molecule has 0 amide bonds. The number of aromatic nitrogens is 1. The first-order chi connectivity index (χ1) is 15.7. The van der Waals surface area contributed by atoms with Gasteiger partial charge < -0.3 is 9.64 Å². The van der Waals surface area contributed by atoms with Crippen LogP contribution in [0.4, 0.5) is 17.1 Å². The maximum absolute atomic E-state index is 10.3. The molecule has 160 valence electrons. The SMILES string of the molecule is O=COCCCc1ccc(N(c2ccccc2)c2ccc(-c3ccc(Cl)nc3)cc2)cc1. The highest BCUT2D eigenvalue weighted by molar-refractivity contribution is 6.29. The van der Waals surface area contributed by atoms with E-state index in [-0.39, 0.29) is 0 Å². The zero-order chi connectivity index (χ0) is 22.2. The molecule has 0 radical (unpaired) electrons. The first-order valence-electron chi connectivity index (χ1n) is 10.5. The Morgan fingerprint density at radius 1 is 0.781 bits per heavy atom. The van der Waals surface area contributed by atoms with Gasteiger partial charge in [-0.15, -0.1) is 0 Å². The normalized spacial score (nSPS) is 10.5. The van der Waals surface area contributed by atoms with Crippen molar-refractivity contribution in [3.05, 3.63) is 108 Å². The zero-order valence-corrected chi connectivity index (χ0v) is 18.3. The molecule has 0 saturated carbocycles. The Morgan fingerprint density at radius 3 is 2.03 bits per heavy atom. The van der Waals surface area contributed by atoms with E-state index in [0.717, 1.165) is 41.0 Å². The van der Waals surface area contributed by atoms with Crippen LogP contribution in [0.1, 0.15) is 12.0 Å². The molecule has 3 aromatic carbocycles. The van der Waals surface area contributed by atoms with Crippen molar-refractivity contribution in [2.75, 3.05) is 11.5 Å². The molecule has 0 spiro atoms. The number of pyridine rings is 1.